The molecule has 0 fully saturated rings. The van der Waals surface area contributed by atoms with E-state index in [0.29, 0.717) is 11.8 Å². The number of hydrogen-bond acceptors (Lipinski definition) is 5. The van der Waals surface area contributed by atoms with Gasteiger partial charge in [-0.1, -0.05) is 12.1 Å². The SMILES string of the molecule is Cc1cccc(Nc2nc[c-]c(Nc3ccncc3)n2)c1.[Y]. The molecule has 3 aromatic rings. The van der Waals surface area contributed by atoms with Crippen LogP contribution < -0.4 is 10.6 Å². The first-order valence-corrected chi connectivity index (χ1v) is 6.55. The zero-order valence-electron chi connectivity index (χ0n) is 12.1. The normalized spacial score (nSPS) is 9.68. The second kappa shape index (κ2) is 7.96. The summed E-state index contributed by atoms with van der Waals surface area (Å²) in [5.74, 6) is 1.13. The van der Waals surface area contributed by atoms with Crippen molar-refractivity contribution in [2.24, 2.45) is 0 Å². The minimum atomic E-state index is 0. The summed E-state index contributed by atoms with van der Waals surface area (Å²) in [6.45, 7) is 2.04. The van der Waals surface area contributed by atoms with E-state index in [2.05, 4.69) is 31.7 Å². The maximum atomic E-state index is 4.38. The molecule has 0 saturated carbocycles. The van der Waals surface area contributed by atoms with Crippen molar-refractivity contribution in [2.45, 2.75) is 6.92 Å². The molecule has 22 heavy (non-hydrogen) atoms. The molecular formula is C16H14N5Y-. The van der Waals surface area contributed by atoms with Gasteiger partial charge in [-0.3, -0.25) is 9.97 Å². The number of anilines is 4. The third-order valence-corrected chi connectivity index (χ3v) is 2.82. The molecule has 0 aliphatic carbocycles. The first kappa shape index (κ1) is 16.5. The molecule has 0 aliphatic rings. The number of aromatic nitrogens is 3. The molecule has 0 bridgehead atoms. The van der Waals surface area contributed by atoms with E-state index in [0.717, 1.165) is 11.4 Å². The molecule has 0 aliphatic heterocycles. The van der Waals surface area contributed by atoms with Crippen molar-refractivity contribution in [1.29, 1.82) is 0 Å². The third-order valence-electron chi connectivity index (χ3n) is 2.82. The molecule has 0 atom stereocenters. The molecule has 0 spiro atoms. The van der Waals surface area contributed by atoms with Crippen molar-refractivity contribution in [1.82, 2.24) is 15.0 Å². The fourth-order valence-electron chi connectivity index (χ4n) is 1.87. The first-order valence-electron chi connectivity index (χ1n) is 6.55. The van der Waals surface area contributed by atoms with Gasteiger partial charge in [0.05, 0.1) is 0 Å². The van der Waals surface area contributed by atoms with Gasteiger partial charge in [-0.25, -0.2) is 4.98 Å². The minimum Gasteiger partial charge on any atom is -0.408 e. The Balaban J connectivity index is 0.00000176. The van der Waals surface area contributed by atoms with Gasteiger partial charge in [0.1, 0.15) is 0 Å². The molecule has 2 heterocycles. The van der Waals surface area contributed by atoms with Gasteiger partial charge in [-0.2, -0.15) is 0 Å². The van der Waals surface area contributed by atoms with Gasteiger partial charge in [-0.15, -0.1) is 6.20 Å². The van der Waals surface area contributed by atoms with Gasteiger partial charge in [0.2, 0.25) is 5.95 Å². The molecule has 1 aromatic carbocycles. The molecule has 107 valence electrons. The molecule has 5 nitrogen and oxygen atoms in total. The largest absolute Gasteiger partial charge is 0.408 e. The monoisotopic (exact) mass is 365 g/mol. The number of aryl methyl sites for hydroxylation is 1. The second-order valence-electron chi connectivity index (χ2n) is 4.54. The zero-order chi connectivity index (χ0) is 14.5. The number of pyridine rings is 1. The Hall–Kier alpha value is -1.85. The van der Waals surface area contributed by atoms with Crippen LogP contribution in [0, 0.1) is 13.0 Å². The molecule has 0 unspecified atom stereocenters. The Morgan fingerprint density at radius 1 is 1.00 bits per heavy atom. The molecule has 0 amide bonds. The molecular weight excluding hydrogens is 351 g/mol. The molecule has 2 N–H and O–H groups in total. The van der Waals surface area contributed by atoms with Crippen LogP contribution >= 0.6 is 0 Å². The number of rotatable bonds is 4. The number of benzene rings is 1. The summed E-state index contributed by atoms with van der Waals surface area (Å²) >= 11 is 0. The van der Waals surface area contributed by atoms with Crippen LogP contribution in [0.2, 0.25) is 0 Å². The average molecular weight is 365 g/mol. The maximum Gasteiger partial charge on any atom is 0.223 e. The molecule has 0 saturated heterocycles. The van der Waals surface area contributed by atoms with Gasteiger partial charge >= 0.3 is 0 Å². The number of nitrogens with zero attached hydrogens (tertiary/aromatic N) is 3. The van der Waals surface area contributed by atoms with E-state index in [1.807, 2.05) is 43.3 Å². The van der Waals surface area contributed by atoms with Gasteiger partial charge in [0.25, 0.3) is 0 Å². The van der Waals surface area contributed by atoms with Crippen LogP contribution in [-0.4, -0.2) is 15.0 Å². The fourth-order valence-corrected chi connectivity index (χ4v) is 1.87. The van der Waals surface area contributed by atoms with Crippen LogP contribution in [0.4, 0.5) is 23.1 Å². The smallest absolute Gasteiger partial charge is 0.223 e. The Morgan fingerprint density at radius 3 is 2.59 bits per heavy atom. The predicted molar refractivity (Wildman–Crippen MR) is 82.8 cm³/mol. The molecule has 1 radical (unpaired) electrons. The standard InChI is InChI=1S/C16H14N5.Y/c1-12-3-2-4-14(11-12)20-16-18-10-7-15(21-16)19-13-5-8-17-9-6-13;/h2-6,8-11H,1H3,(H2,17,18,19,20,21);/q-1;. The Kier molecular flexibility index (Phi) is 5.98. The Morgan fingerprint density at radius 2 is 1.82 bits per heavy atom. The fraction of sp³-hybridized carbons (Fsp3) is 0.0625. The van der Waals surface area contributed by atoms with E-state index in [1.165, 1.54) is 5.56 Å². The quantitative estimate of drug-likeness (QED) is 0.694. The van der Waals surface area contributed by atoms with E-state index >= 15 is 0 Å². The molecule has 2 aromatic heterocycles. The van der Waals surface area contributed by atoms with Gasteiger partial charge in [0, 0.05) is 56.5 Å². The summed E-state index contributed by atoms with van der Waals surface area (Å²) in [6.07, 6.45) is 5.03. The van der Waals surface area contributed by atoms with Crippen LogP contribution in [0.5, 0.6) is 0 Å². The van der Waals surface area contributed by atoms with Crippen LogP contribution in [0.1, 0.15) is 5.56 Å². The van der Waals surface area contributed by atoms with Crippen molar-refractivity contribution in [3.05, 3.63) is 66.6 Å². The van der Waals surface area contributed by atoms with E-state index in [4.69, 9.17) is 0 Å². The van der Waals surface area contributed by atoms with E-state index in [1.54, 1.807) is 18.6 Å². The van der Waals surface area contributed by atoms with Crippen LogP contribution in [-0.2, 0) is 32.7 Å². The van der Waals surface area contributed by atoms with E-state index < -0.39 is 0 Å². The summed E-state index contributed by atoms with van der Waals surface area (Å²) in [5, 5.41) is 6.33. The molecule has 6 heteroatoms. The van der Waals surface area contributed by atoms with E-state index in [9.17, 15) is 0 Å². The average Bonchev–Trinajstić information content (AvgIpc) is 2.49. The van der Waals surface area contributed by atoms with Gasteiger partial charge in [0.15, 0.2) is 0 Å². The Bertz CT molecular complexity index is 733. The van der Waals surface area contributed by atoms with Crippen molar-refractivity contribution < 1.29 is 32.7 Å². The van der Waals surface area contributed by atoms with Gasteiger partial charge in [-0.05, 0) is 42.6 Å². The second-order valence-corrected chi connectivity index (χ2v) is 4.54. The van der Waals surface area contributed by atoms with Crippen molar-refractivity contribution >= 4 is 23.1 Å². The van der Waals surface area contributed by atoms with Crippen molar-refractivity contribution in [3.63, 3.8) is 0 Å². The topological polar surface area (TPSA) is 62.7 Å². The predicted octanol–water partition coefficient (Wildman–Crippen LogP) is 3.46. The summed E-state index contributed by atoms with van der Waals surface area (Å²) < 4.78 is 0. The summed E-state index contributed by atoms with van der Waals surface area (Å²) in [5.41, 5.74) is 3.04. The van der Waals surface area contributed by atoms with E-state index in [-0.39, 0.29) is 32.7 Å². The van der Waals surface area contributed by atoms with Crippen molar-refractivity contribution in [2.75, 3.05) is 10.6 Å². The summed E-state index contributed by atoms with van der Waals surface area (Å²) in [6, 6.07) is 14.7. The first-order chi connectivity index (χ1) is 10.3. The third kappa shape index (κ3) is 4.58. The summed E-state index contributed by atoms with van der Waals surface area (Å²) in [4.78, 5) is 12.5. The van der Waals surface area contributed by atoms with Crippen LogP contribution in [0.15, 0.2) is 55.0 Å². The minimum absolute atomic E-state index is 0. The number of hydrogen-bond donors (Lipinski definition) is 2. The zero-order valence-corrected chi connectivity index (χ0v) is 15.0. The van der Waals surface area contributed by atoms with Crippen LogP contribution in [0.25, 0.3) is 0 Å². The summed E-state index contributed by atoms with van der Waals surface area (Å²) in [7, 11) is 0. The number of nitrogens with one attached hydrogen (secondary N) is 2. The molecule has 3 rings (SSSR count). The Labute approximate surface area is 154 Å². The van der Waals surface area contributed by atoms with Crippen molar-refractivity contribution in [3.8, 4) is 0 Å². The maximum absolute atomic E-state index is 4.38. The van der Waals surface area contributed by atoms with Crippen LogP contribution in [0.3, 0.4) is 0 Å². The van der Waals surface area contributed by atoms with Gasteiger partial charge < -0.3 is 16.7 Å².